The van der Waals surface area contributed by atoms with Gasteiger partial charge in [0.15, 0.2) is 0 Å². The van der Waals surface area contributed by atoms with Crippen LogP contribution in [-0.2, 0) is 0 Å². The van der Waals surface area contributed by atoms with Crippen LogP contribution in [0.2, 0.25) is 0 Å². The van der Waals surface area contributed by atoms with Crippen molar-refractivity contribution < 1.29 is 0 Å². The summed E-state index contributed by atoms with van der Waals surface area (Å²) < 4.78 is 0. The Morgan fingerprint density at radius 1 is 0.708 bits per heavy atom. The zero-order valence-corrected chi connectivity index (χ0v) is 14.7. The summed E-state index contributed by atoms with van der Waals surface area (Å²) in [7, 11) is 2.15. The number of hydrogen-bond acceptors (Lipinski definition) is 2. The summed E-state index contributed by atoms with van der Waals surface area (Å²) in [6.07, 6.45) is 0. The van der Waals surface area contributed by atoms with Crippen LogP contribution in [0, 0.1) is 0 Å². The van der Waals surface area contributed by atoms with Crippen molar-refractivity contribution in [2.45, 2.75) is 11.8 Å². The molecule has 3 aromatic rings. The Hall–Kier alpha value is -2.45. The van der Waals surface area contributed by atoms with Gasteiger partial charge in [0.25, 0.3) is 0 Å². The van der Waals surface area contributed by atoms with Gasteiger partial charge >= 0.3 is 0 Å². The SMILES string of the molecule is CC(Sc1ccccc1)=C1c2ccccc2N(C)c2ccccc21. The van der Waals surface area contributed by atoms with Gasteiger partial charge in [-0.3, -0.25) is 0 Å². The van der Waals surface area contributed by atoms with Gasteiger partial charge in [0.05, 0.1) is 0 Å². The lowest BCUT2D eigenvalue weighted by Crippen LogP contribution is -2.18. The highest BCUT2D eigenvalue weighted by atomic mass is 32.2. The first-order valence-corrected chi connectivity index (χ1v) is 8.93. The smallest absolute Gasteiger partial charge is 0.0488 e. The molecule has 1 heterocycles. The number of benzene rings is 3. The molecule has 0 amide bonds. The molecule has 0 aromatic heterocycles. The van der Waals surface area contributed by atoms with Gasteiger partial charge in [-0.25, -0.2) is 0 Å². The third-order valence-corrected chi connectivity index (χ3v) is 5.45. The monoisotopic (exact) mass is 329 g/mol. The predicted octanol–water partition coefficient (Wildman–Crippen LogP) is 6.34. The van der Waals surface area contributed by atoms with E-state index in [0.29, 0.717) is 0 Å². The minimum Gasteiger partial charge on any atom is -0.344 e. The van der Waals surface area contributed by atoms with Crippen molar-refractivity contribution in [3.8, 4) is 0 Å². The molecule has 1 nitrogen and oxygen atoms in total. The van der Waals surface area contributed by atoms with Gasteiger partial charge in [-0.15, -0.1) is 0 Å². The van der Waals surface area contributed by atoms with Crippen LogP contribution in [0.3, 0.4) is 0 Å². The minimum absolute atomic E-state index is 1.26. The van der Waals surface area contributed by atoms with Crippen molar-refractivity contribution in [3.05, 3.63) is 94.9 Å². The Kier molecular flexibility index (Phi) is 3.91. The molecule has 1 aliphatic rings. The fourth-order valence-corrected chi connectivity index (χ4v) is 4.29. The maximum Gasteiger partial charge on any atom is 0.0488 e. The van der Waals surface area contributed by atoms with Crippen molar-refractivity contribution in [3.63, 3.8) is 0 Å². The van der Waals surface area contributed by atoms with E-state index >= 15 is 0 Å². The molecule has 0 aliphatic carbocycles. The maximum atomic E-state index is 2.29. The van der Waals surface area contributed by atoms with Gasteiger partial charge in [0, 0.05) is 40.0 Å². The Bertz CT molecular complexity index is 863. The molecule has 1 aliphatic heterocycles. The van der Waals surface area contributed by atoms with Gasteiger partial charge in [-0.1, -0.05) is 66.4 Å². The highest BCUT2D eigenvalue weighted by Crippen LogP contribution is 2.47. The molecule has 4 rings (SSSR count). The maximum absolute atomic E-state index is 2.29. The van der Waals surface area contributed by atoms with Gasteiger partial charge < -0.3 is 4.90 Å². The Balaban J connectivity index is 1.92. The molecule has 0 fully saturated rings. The number of hydrogen-bond donors (Lipinski definition) is 0. The van der Waals surface area contributed by atoms with E-state index in [1.54, 1.807) is 0 Å². The lowest BCUT2D eigenvalue weighted by Gasteiger charge is -2.32. The molecule has 0 saturated heterocycles. The normalized spacial score (nSPS) is 12.6. The van der Waals surface area contributed by atoms with Gasteiger partial charge in [-0.05, 0) is 36.1 Å². The molecule has 0 N–H and O–H groups in total. The third kappa shape index (κ3) is 2.53. The predicted molar refractivity (Wildman–Crippen MR) is 105 cm³/mol. The highest BCUT2D eigenvalue weighted by molar-refractivity contribution is 8.03. The number of anilines is 2. The fourth-order valence-electron chi connectivity index (χ4n) is 3.33. The molecule has 0 radical (unpaired) electrons. The molecule has 0 spiro atoms. The van der Waals surface area contributed by atoms with Crippen molar-refractivity contribution in [2.24, 2.45) is 0 Å². The van der Waals surface area contributed by atoms with Crippen LogP contribution < -0.4 is 4.90 Å². The first-order valence-electron chi connectivity index (χ1n) is 8.12. The second-order valence-electron chi connectivity index (χ2n) is 5.94. The van der Waals surface area contributed by atoms with Gasteiger partial charge in [-0.2, -0.15) is 0 Å². The molecule has 24 heavy (non-hydrogen) atoms. The second-order valence-corrected chi connectivity index (χ2v) is 7.23. The minimum atomic E-state index is 1.26. The summed E-state index contributed by atoms with van der Waals surface area (Å²) in [4.78, 5) is 4.89. The van der Waals surface area contributed by atoms with E-state index in [1.165, 1.54) is 37.9 Å². The van der Waals surface area contributed by atoms with Crippen LogP contribution in [0.1, 0.15) is 18.1 Å². The Labute approximate surface area is 147 Å². The highest BCUT2D eigenvalue weighted by Gasteiger charge is 2.25. The van der Waals surface area contributed by atoms with Crippen LogP contribution in [0.25, 0.3) is 5.57 Å². The van der Waals surface area contributed by atoms with Crippen LogP contribution in [0.4, 0.5) is 11.4 Å². The summed E-state index contributed by atoms with van der Waals surface area (Å²) in [5.74, 6) is 0. The average molecular weight is 329 g/mol. The lowest BCUT2D eigenvalue weighted by atomic mass is 9.90. The number of nitrogens with zero attached hydrogens (tertiary/aromatic N) is 1. The van der Waals surface area contributed by atoms with Crippen molar-refractivity contribution in [1.29, 1.82) is 0 Å². The van der Waals surface area contributed by atoms with Gasteiger partial charge in [0.1, 0.15) is 0 Å². The zero-order valence-electron chi connectivity index (χ0n) is 13.9. The quantitative estimate of drug-likeness (QED) is 0.505. The van der Waals surface area contributed by atoms with E-state index in [-0.39, 0.29) is 0 Å². The van der Waals surface area contributed by atoms with Crippen molar-refractivity contribution >= 4 is 28.7 Å². The van der Waals surface area contributed by atoms with E-state index in [2.05, 4.69) is 97.7 Å². The summed E-state index contributed by atoms with van der Waals surface area (Å²) in [5, 5.41) is 0. The zero-order chi connectivity index (χ0) is 16.5. The van der Waals surface area contributed by atoms with E-state index in [1.807, 2.05) is 11.8 Å². The molecule has 0 bridgehead atoms. The molecule has 3 aromatic carbocycles. The molecular weight excluding hydrogens is 310 g/mol. The summed E-state index contributed by atoms with van der Waals surface area (Å²) >= 11 is 1.84. The number of thioether (sulfide) groups is 1. The number of fused-ring (bicyclic) bond motifs is 2. The number of rotatable bonds is 2. The summed E-state index contributed by atoms with van der Waals surface area (Å²) in [6.45, 7) is 2.23. The van der Waals surface area contributed by atoms with Gasteiger partial charge in [0.2, 0.25) is 0 Å². The van der Waals surface area contributed by atoms with Crippen LogP contribution >= 0.6 is 11.8 Å². The van der Waals surface area contributed by atoms with Crippen LogP contribution in [0.5, 0.6) is 0 Å². The first kappa shape index (κ1) is 15.1. The Morgan fingerprint density at radius 3 is 1.79 bits per heavy atom. The van der Waals surface area contributed by atoms with Crippen molar-refractivity contribution in [1.82, 2.24) is 0 Å². The third-order valence-electron chi connectivity index (χ3n) is 4.44. The summed E-state index contributed by atoms with van der Waals surface area (Å²) in [6, 6.07) is 27.9. The largest absolute Gasteiger partial charge is 0.344 e. The number of para-hydroxylation sites is 2. The number of allylic oxidation sites excluding steroid dienone is 1. The molecule has 0 atom stereocenters. The van der Waals surface area contributed by atoms with Crippen molar-refractivity contribution in [2.75, 3.05) is 11.9 Å². The van der Waals surface area contributed by atoms with E-state index in [4.69, 9.17) is 0 Å². The standard InChI is InChI=1S/C22H19NS/c1-16(24-17-10-4-3-5-11-17)22-18-12-6-8-14-20(18)23(2)21-15-9-7-13-19(21)22/h3-15H,1-2H3. The molecule has 0 unspecified atom stereocenters. The molecule has 2 heteroatoms. The Morgan fingerprint density at radius 2 is 1.21 bits per heavy atom. The van der Waals surface area contributed by atoms with E-state index in [9.17, 15) is 0 Å². The topological polar surface area (TPSA) is 3.24 Å². The fraction of sp³-hybridized carbons (Fsp3) is 0.0909. The summed E-state index contributed by atoms with van der Waals surface area (Å²) in [5.41, 5.74) is 6.48. The molecule has 118 valence electrons. The second kappa shape index (κ2) is 6.21. The average Bonchev–Trinajstić information content (AvgIpc) is 2.63. The molecular formula is C22H19NS. The van der Waals surface area contributed by atoms with Crippen LogP contribution in [-0.4, -0.2) is 7.05 Å². The van der Waals surface area contributed by atoms with E-state index < -0.39 is 0 Å². The lowest BCUT2D eigenvalue weighted by molar-refractivity contribution is 1.17. The first-order chi connectivity index (χ1) is 11.8. The van der Waals surface area contributed by atoms with E-state index in [0.717, 1.165) is 0 Å². The van der Waals surface area contributed by atoms with Crippen LogP contribution in [0.15, 0.2) is 88.7 Å². The molecule has 0 saturated carbocycles.